The van der Waals surface area contributed by atoms with Crippen LogP contribution in [0.2, 0.25) is 0 Å². The molecule has 0 atom stereocenters. The van der Waals surface area contributed by atoms with E-state index in [2.05, 4.69) is 31.4 Å². The van der Waals surface area contributed by atoms with Crippen LogP contribution in [-0.2, 0) is 6.54 Å². The summed E-state index contributed by atoms with van der Waals surface area (Å²) >= 11 is 3.31. The minimum atomic E-state index is -0.182. The lowest BCUT2D eigenvalue weighted by atomic mass is 10.2. The fraction of sp³-hybridized carbons (Fsp3) is 0.0909. The lowest BCUT2D eigenvalue weighted by Crippen LogP contribution is -2.23. The van der Waals surface area contributed by atoms with Crippen LogP contribution >= 0.6 is 15.9 Å². The molecule has 2 aromatic rings. The van der Waals surface area contributed by atoms with Gasteiger partial charge in [0.15, 0.2) is 0 Å². The first kappa shape index (κ1) is 11.7. The standard InChI is InChI=1S/C11H11BrN4O/c12-10-2-1-7(13)5-9(10)11(17)14-6-8-3-4-15-16-8/h1-5H,6,13H2,(H,14,17)(H,15,16). The number of benzene rings is 1. The van der Waals surface area contributed by atoms with E-state index in [1.165, 1.54) is 0 Å². The second kappa shape index (κ2) is 5.01. The van der Waals surface area contributed by atoms with E-state index in [0.29, 0.717) is 22.3 Å². The van der Waals surface area contributed by atoms with Crippen LogP contribution in [0.1, 0.15) is 16.1 Å². The van der Waals surface area contributed by atoms with Gasteiger partial charge in [-0.25, -0.2) is 0 Å². The Morgan fingerprint density at radius 1 is 1.47 bits per heavy atom. The van der Waals surface area contributed by atoms with Gasteiger partial charge in [-0.1, -0.05) is 0 Å². The fourth-order valence-corrected chi connectivity index (χ4v) is 1.80. The van der Waals surface area contributed by atoms with Crippen molar-refractivity contribution in [3.8, 4) is 0 Å². The predicted octanol–water partition coefficient (Wildman–Crippen LogP) is 1.68. The summed E-state index contributed by atoms with van der Waals surface area (Å²) < 4.78 is 0.716. The molecule has 2 rings (SSSR count). The molecule has 6 heteroatoms. The van der Waals surface area contributed by atoms with Crippen molar-refractivity contribution >= 4 is 27.5 Å². The highest BCUT2D eigenvalue weighted by Crippen LogP contribution is 2.19. The molecular weight excluding hydrogens is 284 g/mol. The highest BCUT2D eigenvalue weighted by atomic mass is 79.9. The summed E-state index contributed by atoms with van der Waals surface area (Å²) in [6, 6.07) is 6.91. The molecule has 1 aromatic carbocycles. The molecule has 88 valence electrons. The van der Waals surface area contributed by atoms with Crippen molar-refractivity contribution < 1.29 is 4.79 Å². The van der Waals surface area contributed by atoms with E-state index in [1.807, 2.05) is 0 Å². The molecule has 0 aliphatic carbocycles. The Labute approximate surface area is 107 Å². The molecule has 5 nitrogen and oxygen atoms in total. The Balaban J connectivity index is 2.07. The second-order valence-electron chi connectivity index (χ2n) is 3.50. The third-order valence-corrected chi connectivity index (χ3v) is 2.92. The summed E-state index contributed by atoms with van der Waals surface area (Å²) in [5, 5.41) is 9.34. The average molecular weight is 295 g/mol. The number of H-pyrrole nitrogens is 1. The second-order valence-corrected chi connectivity index (χ2v) is 4.36. The number of hydrogen-bond acceptors (Lipinski definition) is 3. The largest absolute Gasteiger partial charge is 0.399 e. The van der Waals surface area contributed by atoms with Crippen molar-refractivity contribution in [2.45, 2.75) is 6.54 Å². The number of amides is 1. The number of aromatic amines is 1. The maximum absolute atomic E-state index is 11.9. The van der Waals surface area contributed by atoms with Crippen LogP contribution < -0.4 is 11.1 Å². The number of aromatic nitrogens is 2. The number of nitrogens with one attached hydrogen (secondary N) is 2. The molecule has 0 spiro atoms. The van der Waals surface area contributed by atoms with Gasteiger partial charge in [0, 0.05) is 16.4 Å². The van der Waals surface area contributed by atoms with Gasteiger partial charge in [0.05, 0.1) is 17.8 Å². The van der Waals surface area contributed by atoms with E-state index in [0.717, 1.165) is 5.69 Å². The molecular formula is C11H11BrN4O. The summed E-state index contributed by atoms with van der Waals surface area (Å²) in [7, 11) is 0. The van der Waals surface area contributed by atoms with Crippen LogP contribution in [0.25, 0.3) is 0 Å². The van der Waals surface area contributed by atoms with Crippen molar-refractivity contribution in [3.05, 3.63) is 46.2 Å². The summed E-state index contributed by atoms with van der Waals surface area (Å²) in [5.74, 6) is -0.182. The van der Waals surface area contributed by atoms with E-state index in [4.69, 9.17) is 5.73 Å². The quantitative estimate of drug-likeness (QED) is 0.753. The number of nitrogens with two attached hydrogens (primary N) is 1. The minimum absolute atomic E-state index is 0.182. The molecule has 0 unspecified atom stereocenters. The normalized spacial score (nSPS) is 10.2. The number of nitrogens with zero attached hydrogens (tertiary/aromatic N) is 1. The van der Waals surface area contributed by atoms with Crippen LogP contribution in [0.15, 0.2) is 34.9 Å². The molecule has 1 aromatic heterocycles. The van der Waals surface area contributed by atoms with Crippen LogP contribution in [0.5, 0.6) is 0 Å². The summed E-state index contributed by atoms with van der Waals surface area (Å²) in [6.45, 7) is 0.403. The van der Waals surface area contributed by atoms with Crippen molar-refractivity contribution in [1.82, 2.24) is 15.5 Å². The molecule has 0 fully saturated rings. The van der Waals surface area contributed by atoms with Crippen molar-refractivity contribution in [2.24, 2.45) is 0 Å². The summed E-state index contributed by atoms with van der Waals surface area (Å²) in [5.41, 5.74) is 7.56. The zero-order chi connectivity index (χ0) is 12.3. The van der Waals surface area contributed by atoms with Crippen molar-refractivity contribution in [3.63, 3.8) is 0 Å². The molecule has 0 bridgehead atoms. The summed E-state index contributed by atoms with van der Waals surface area (Å²) in [6.07, 6.45) is 1.64. The van der Waals surface area contributed by atoms with Gasteiger partial charge in [0.25, 0.3) is 5.91 Å². The highest BCUT2D eigenvalue weighted by molar-refractivity contribution is 9.10. The molecule has 0 saturated heterocycles. The number of rotatable bonds is 3. The van der Waals surface area contributed by atoms with Gasteiger partial charge >= 0.3 is 0 Å². The Morgan fingerprint density at radius 2 is 2.29 bits per heavy atom. The average Bonchev–Trinajstić information content (AvgIpc) is 2.82. The smallest absolute Gasteiger partial charge is 0.252 e. The Bertz CT molecular complexity index is 524. The van der Waals surface area contributed by atoms with E-state index in [1.54, 1.807) is 30.5 Å². The van der Waals surface area contributed by atoms with Crippen LogP contribution in [0.4, 0.5) is 5.69 Å². The van der Waals surface area contributed by atoms with Crippen LogP contribution in [0.3, 0.4) is 0 Å². The zero-order valence-electron chi connectivity index (χ0n) is 8.90. The first-order valence-corrected chi connectivity index (χ1v) is 5.77. The van der Waals surface area contributed by atoms with Gasteiger partial charge in [-0.3, -0.25) is 9.89 Å². The lowest BCUT2D eigenvalue weighted by Gasteiger charge is -2.06. The minimum Gasteiger partial charge on any atom is -0.399 e. The first-order valence-electron chi connectivity index (χ1n) is 4.98. The van der Waals surface area contributed by atoms with E-state index < -0.39 is 0 Å². The number of halogens is 1. The number of anilines is 1. The Hall–Kier alpha value is -1.82. The van der Waals surface area contributed by atoms with E-state index in [-0.39, 0.29) is 5.91 Å². The van der Waals surface area contributed by atoms with Crippen molar-refractivity contribution in [2.75, 3.05) is 5.73 Å². The van der Waals surface area contributed by atoms with E-state index in [9.17, 15) is 4.79 Å². The van der Waals surface area contributed by atoms with Gasteiger partial charge < -0.3 is 11.1 Å². The molecule has 0 radical (unpaired) electrons. The van der Waals surface area contributed by atoms with Crippen LogP contribution in [0, 0.1) is 0 Å². The van der Waals surface area contributed by atoms with Gasteiger partial charge in [-0.15, -0.1) is 0 Å². The zero-order valence-corrected chi connectivity index (χ0v) is 10.5. The Kier molecular flexibility index (Phi) is 3.43. The maximum Gasteiger partial charge on any atom is 0.252 e. The number of carbonyl (C=O) groups excluding carboxylic acids is 1. The SMILES string of the molecule is Nc1ccc(Br)c(C(=O)NCc2ccn[nH]2)c1. The molecule has 1 amide bonds. The third kappa shape index (κ3) is 2.85. The lowest BCUT2D eigenvalue weighted by molar-refractivity contribution is 0.0949. The fourth-order valence-electron chi connectivity index (χ4n) is 1.37. The molecule has 17 heavy (non-hydrogen) atoms. The Morgan fingerprint density at radius 3 is 3.00 bits per heavy atom. The van der Waals surface area contributed by atoms with Gasteiger partial charge in [0.1, 0.15) is 0 Å². The molecule has 1 heterocycles. The monoisotopic (exact) mass is 294 g/mol. The molecule has 0 aliphatic rings. The third-order valence-electron chi connectivity index (χ3n) is 2.23. The van der Waals surface area contributed by atoms with Crippen molar-refractivity contribution in [1.29, 1.82) is 0 Å². The highest BCUT2D eigenvalue weighted by Gasteiger charge is 2.10. The molecule has 0 aliphatic heterocycles. The first-order chi connectivity index (χ1) is 8.16. The number of hydrogen-bond donors (Lipinski definition) is 3. The summed E-state index contributed by atoms with van der Waals surface area (Å²) in [4.78, 5) is 11.9. The van der Waals surface area contributed by atoms with Crippen LogP contribution in [-0.4, -0.2) is 16.1 Å². The topological polar surface area (TPSA) is 83.8 Å². The number of carbonyl (C=O) groups is 1. The van der Waals surface area contributed by atoms with Gasteiger partial charge in [-0.05, 0) is 40.2 Å². The predicted molar refractivity (Wildman–Crippen MR) is 68.3 cm³/mol. The molecule has 4 N–H and O–H groups in total. The van der Waals surface area contributed by atoms with Gasteiger partial charge in [-0.2, -0.15) is 5.10 Å². The van der Waals surface area contributed by atoms with Gasteiger partial charge in [0.2, 0.25) is 0 Å². The molecule has 0 saturated carbocycles. The maximum atomic E-state index is 11.9. The van der Waals surface area contributed by atoms with E-state index >= 15 is 0 Å². The number of nitrogen functional groups attached to an aromatic ring is 1.